The molecule has 0 atom stereocenters. The summed E-state index contributed by atoms with van der Waals surface area (Å²) >= 11 is 0. The number of fused-ring (bicyclic) bond motifs is 1. The summed E-state index contributed by atoms with van der Waals surface area (Å²) in [5.74, 6) is 0.739. The second-order valence-electron chi connectivity index (χ2n) is 5.42. The molecule has 0 saturated carbocycles. The molecule has 0 saturated heterocycles. The van der Waals surface area contributed by atoms with Crippen LogP contribution in [0.1, 0.15) is 6.92 Å². The zero-order valence-electron chi connectivity index (χ0n) is 13.6. The van der Waals surface area contributed by atoms with E-state index in [1.165, 1.54) is 0 Å². The fraction of sp³-hybridized carbons (Fsp3) is 0.150. The monoisotopic (exact) mass is 320 g/mol. The van der Waals surface area contributed by atoms with Gasteiger partial charge in [0.15, 0.2) is 0 Å². The number of carbonyl (C=O) groups excluding carboxylic acids is 1. The van der Waals surface area contributed by atoms with Gasteiger partial charge < -0.3 is 15.4 Å². The summed E-state index contributed by atoms with van der Waals surface area (Å²) in [7, 11) is 0. The lowest BCUT2D eigenvalue weighted by molar-refractivity contribution is -0.114. The second kappa shape index (κ2) is 7.51. The van der Waals surface area contributed by atoms with E-state index in [0.29, 0.717) is 6.61 Å². The second-order valence-corrected chi connectivity index (χ2v) is 5.42. The third-order valence-corrected chi connectivity index (χ3v) is 3.65. The predicted molar refractivity (Wildman–Crippen MR) is 98.7 cm³/mol. The SMILES string of the molecule is CCOc1ccc(NCC(=O)Nc2ccc3ccccc3c2)cc1. The summed E-state index contributed by atoms with van der Waals surface area (Å²) in [5.41, 5.74) is 1.68. The van der Waals surface area contributed by atoms with E-state index in [1.54, 1.807) is 0 Å². The first-order chi connectivity index (χ1) is 11.7. The molecule has 3 rings (SSSR count). The molecule has 0 aromatic heterocycles. The van der Waals surface area contributed by atoms with E-state index >= 15 is 0 Å². The number of hydrogen-bond acceptors (Lipinski definition) is 3. The average molecular weight is 320 g/mol. The fourth-order valence-electron chi connectivity index (χ4n) is 2.49. The Kier molecular flexibility index (Phi) is 4.96. The van der Waals surface area contributed by atoms with Crippen molar-refractivity contribution in [2.75, 3.05) is 23.8 Å². The molecule has 0 unspecified atom stereocenters. The van der Waals surface area contributed by atoms with Gasteiger partial charge in [-0.05, 0) is 54.1 Å². The summed E-state index contributed by atoms with van der Waals surface area (Å²) in [6.07, 6.45) is 0. The van der Waals surface area contributed by atoms with Crippen LogP contribution in [0.2, 0.25) is 0 Å². The first kappa shape index (κ1) is 15.9. The lowest BCUT2D eigenvalue weighted by Gasteiger charge is -2.09. The minimum absolute atomic E-state index is 0.0841. The Labute approximate surface area is 141 Å². The fourth-order valence-corrected chi connectivity index (χ4v) is 2.49. The van der Waals surface area contributed by atoms with Crippen molar-refractivity contribution in [1.29, 1.82) is 0 Å². The molecule has 4 heteroatoms. The van der Waals surface area contributed by atoms with Gasteiger partial charge in [-0.1, -0.05) is 30.3 Å². The maximum absolute atomic E-state index is 12.1. The van der Waals surface area contributed by atoms with Crippen molar-refractivity contribution in [3.05, 3.63) is 66.7 Å². The van der Waals surface area contributed by atoms with E-state index in [2.05, 4.69) is 16.7 Å². The number of carbonyl (C=O) groups is 1. The van der Waals surface area contributed by atoms with Crippen LogP contribution in [0.4, 0.5) is 11.4 Å². The summed E-state index contributed by atoms with van der Waals surface area (Å²) in [4.78, 5) is 12.1. The number of rotatable bonds is 6. The van der Waals surface area contributed by atoms with Crippen LogP contribution in [0, 0.1) is 0 Å². The van der Waals surface area contributed by atoms with Crippen molar-refractivity contribution >= 4 is 28.1 Å². The maximum atomic E-state index is 12.1. The highest BCUT2D eigenvalue weighted by Gasteiger charge is 2.03. The predicted octanol–water partition coefficient (Wildman–Crippen LogP) is 4.29. The molecular weight excluding hydrogens is 300 g/mol. The van der Waals surface area contributed by atoms with Crippen molar-refractivity contribution in [1.82, 2.24) is 0 Å². The standard InChI is InChI=1S/C20H20N2O2/c1-2-24-19-11-9-17(10-12-19)21-14-20(23)22-18-8-7-15-5-3-4-6-16(15)13-18/h3-13,21H,2,14H2,1H3,(H,22,23). The van der Waals surface area contributed by atoms with E-state index in [9.17, 15) is 4.79 Å². The largest absolute Gasteiger partial charge is 0.494 e. The van der Waals surface area contributed by atoms with Crippen molar-refractivity contribution in [2.24, 2.45) is 0 Å². The summed E-state index contributed by atoms with van der Waals surface area (Å²) in [5, 5.41) is 8.28. The Hall–Kier alpha value is -3.01. The minimum atomic E-state index is -0.0841. The van der Waals surface area contributed by atoms with Crippen molar-refractivity contribution < 1.29 is 9.53 Å². The lowest BCUT2D eigenvalue weighted by atomic mass is 10.1. The zero-order chi connectivity index (χ0) is 16.8. The van der Waals surface area contributed by atoms with Gasteiger partial charge in [-0.15, -0.1) is 0 Å². The quantitative estimate of drug-likeness (QED) is 0.712. The molecule has 4 nitrogen and oxygen atoms in total. The number of hydrogen-bond donors (Lipinski definition) is 2. The van der Waals surface area contributed by atoms with E-state index in [4.69, 9.17) is 4.74 Å². The van der Waals surface area contributed by atoms with Crippen LogP contribution < -0.4 is 15.4 Å². The highest BCUT2D eigenvalue weighted by molar-refractivity contribution is 5.96. The molecule has 0 fully saturated rings. The molecule has 0 aliphatic carbocycles. The van der Waals surface area contributed by atoms with E-state index in [0.717, 1.165) is 27.9 Å². The van der Waals surface area contributed by atoms with Crippen LogP contribution in [-0.2, 0) is 4.79 Å². The minimum Gasteiger partial charge on any atom is -0.494 e. The summed E-state index contributed by atoms with van der Waals surface area (Å²) < 4.78 is 5.39. The van der Waals surface area contributed by atoms with Gasteiger partial charge in [-0.25, -0.2) is 0 Å². The van der Waals surface area contributed by atoms with Crippen LogP contribution in [0.3, 0.4) is 0 Å². The van der Waals surface area contributed by atoms with Crippen LogP contribution in [0.15, 0.2) is 66.7 Å². The highest BCUT2D eigenvalue weighted by atomic mass is 16.5. The van der Waals surface area contributed by atoms with Gasteiger partial charge in [0.2, 0.25) is 5.91 Å². The normalized spacial score (nSPS) is 10.4. The van der Waals surface area contributed by atoms with Crippen LogP contribution in [0.25, 0.3) is 10.8 Å². The molecule has 0 spiro atoms. The average Bonchev–Trinajstić information content (AvgIpc) is 2.61. The molecule has 3 aromatic rings. The molecule has 0 radical (unpaired) electrons. The molecule has 24 heavy (non-hydrogen) atoms. The third-order valence-electron chi connectivity index (χ3n) is 3.65. The Morgan fingerprint density at radius 3 is 2.38 bits per heavy atom. The van der Waals surface area contributed by atoms with Crippen LogP contribution >= 0.6 is 0 Å². The van der Waals surface area contributed by atoms with Gasteiger partial charge in [-0.2, -0.15) is 0 Å². The molecule has 1 amide bonds. The summed E-state index contributed by atoms with van der Waals surface area (Å²) in [6, 6.07) is 21.5. The molecule has 0 aliphatic rings. The van der Waals surface area contributed by atoms with Crippen molar-refractivity contribution in [3.8, 4) is 5.75 Å². The Bertz CT molecular complexity index is 828. The number of ether oxygens (including phenoxy) is 1. The number of nitrogens with one attached hydrogen (secondary N) is 2. The smallest absolute Gasteiger partial charge is 0.243 e. The van der Waals surface area contributed by atoms with Gasteiger partial charge in [0.25, 0.3) is 0 Å². The Balaban J connectivity index is 1.56. The first-order valence-corrected chi connectivity index (χ1v) is 8.00. The van der Waals surface area contributed by atoms with Crippen LogP contribution in [-0.4, -0.2) is 19.1 Å². The highest BCUT2D eigenvalue weighted by Crippen LogP contribution is 2.19. The molecule has 122 valence electrons. The van der Waals surface area contributed by atoms with E-state index < -0.39 is 0 Å². The van der Waals surface area contributed by atoms with E-state index in [-0.39, 0.29) is 12.5 Å². The van der Waals surface area contributed by atoms with Crippen LogP contribution in [0.5, 0.6) is 5.75 Å². The van der Waals surface area contributed by atoms with E-state index in [1.807, 2.05) is 67.6 Å². The van der Waals surface area contributed by atoms with Gasteiger partial charge in [0, 0.05) is 11.4 Å². The molecule has 3 aromatic carbocycles. The van der Waals surface area contributed by atoms with Crippen molar-refractivity contribution in [3.63, 3.8) is 0 Å². The topological polar surface area (TPSA) is 50.4 Å². The Morgan fingerprint density at radius 2 is 1.62 bits per heavy atom. The lowest BCUT2D eigenvalue weighted by Crippen LogP contribution is -2.21. The number of anilines is 2. The zero-order valence-corrected chi connectivity index (χ0v) is 13.6. The first-order valence-electron chi connectivity index (χ1n) is 8.00. The molecule has 0 heterocycles. The molecular formula is C20H20N2O2. The van der Waals surface area contributed by atoms with Gasteiger partial charge in [0.1, 0.15) is 5.75 Å². The maximum Gasteiger partial charge on any atom is 0.243 e. The number of benzene rings is 3. The van der Waals surface area contributed by atoms with Crippen molar-refractivity contribution in [2.45, 2.75) is 6.92 Å². The molecule has 2 N–H and O–H groups in total. The third kappa shape index (κ3) is 4.04. The summed E-state index contributed by atoms with van der Waals surface area (Å²) in [6.45, 7) is 2.80. The van der Waals surface area contributed by atoms with Gasteiger partial charge in [0.05, 0.1) is 13.2 Å². The Morgan fingerprint density at radius 1 is 0.917 bits per heavy atom. The van der Waals surface area contributed by atoms with Gasteiger partial charge >= 0.3 is 0 Å². The molecule has 0 aliphatic heterocycles. The molecule has 0 bridgehead atoms. The van der Waals surface area contributed by atoms with Gasteiger partial charge in [-0.3, -0.25) is 4.79 Å². The number of amides is 1.